The SMILES string of the molecule is CCNCC(CC)Cc1ccc(Br)s1. The summed E-state index contributed by atoms with van der Waals surface area (Å²) in [7, 11) is 0. The second-order valence-electron chi connectivity index (χ2n) is 3.49. The lowest BCUT2D eigenvalue weighted by Crippen LogP contribution is -2.23. The van der Waals surface area contributed by atoms with Gasteiger partial charge in [-0.2, -0.15) is 0 Å². The fraction of sp³-hybridized carbons (Fsp3) is 0.636. The van der Waals surface area contributed by atoms with Gasteiger partial charge in [0.15, 0.2) is 0 Å². The van der Waals surface area contributed by atoms with Crippen LogP contribution in [0.2, 0.25) is 0 Å². The molecule has 1 atom stereocenters. The van der Waals surface area contributed by atoms with Gasteiger partial charge in [0.05, 0.1) is 3.79 Å². The predicted octanol–water partition coefficient (Wildman–Crippen LogP) is 3.69. The molecule has 0 saturated carbocycles. The van der Waals surface area contributed by atoms with Gasteiger partial charge in [-0.05, 0) is 53.5 Å². The first-order valence-corrected chi connectivity index (χ1v) is 6.82. The molecule has 1 rings (SSSR count). The lowest BCUT2D eigenvalue weighted by Gasteiger charge is -2.13. The minimum Gasteiger partial charge on any atom is -0.317 e. The van der Waals surface area contributed by atoms with Crippen molar-refractivity contribution in [3.05, 3.63) is 20.8 Å². The van der Waals surface area contributed by atoms with E-state index in [4.69, 9.17) is 0 Å². The maximum atomic E-state index is 3.50. The van der Waals surface area contributed by atoms with Gasteiger partial charge in [0.2, 0.25) is 0 Å². The molecule has 1 unspecified atom stereocenters. The van der Waals surface area contributed by atoms with E-state index in [2.05, 4.69) is 47.2 Å². The molecule has 3 heteroatoms. The van der Waals surface area contributed by atoms with E-state index in [-0.39, 0.29) is 0 Å². The van der Waals surface area contributed by atoms with Crippen LogP contribution in [0.25, 0.3) is 0 Å². The van der Waals surface area contributed by atoms with Crippen molar-refractivity contribution >= 4 is 27.3 Å². The second-order valence-corrected chi connectivity index (χ2v) is 6.04. The summed E-state index contributed by atoms with van der Waals surface area (Å²) in [5.41, 5.74) is 0. The first kappa shape index (κ1) is 12.2. The summed E-state index contributed by atoms with van der Waals surface area (Å²) in [4.78, 5) is 1.49. The third-order valence-electron chi connectivity index (χ3n) is 2.38. The van der Waals surface area contributed by atoms with Crippen LogP contribution in [-0.4, -0.2) is 13.1 Å². The van der Waals surface area contributed by atoms with Crippen LogP contribution >= 0.6 is 27.3 Å². The van der Waals surface area contributed by atoms with Crippen molar-refractivity contribution < 1.29 is 0 Å². The number of hydrogen-bond donors (Lipinski definition) is 1. The van der Waals surface area contributed by atoms with Crippen LogP contribution in [0.4, 0.5) is 0 Å². The highest BCUT2D eigenvalue weighted by molar-refractivity contribution is 9.11. The molecule has 0 saturated heterocycles. The van der Waals surface area contributed by atoms with Crippen molar-refractivity contribution in [1.29, 1.82) is 0 Å². The first-order chi connectivity index (χ1) is 6.76. The van der Waals surface area contributed by atoms with Crippen molar-refractivity contribution in [2.75, 3.05) is 13.1 Å². The third-order valence-corrected chi connectivity index (χ3v) is 4.03. The molecule has 1 aromatic rings. The van der Waals surface area contributed by atoms with Gasteiger partial charge >= 0.3 is 0 Å². The van der Waals surface area contributed by atoms with E-state index in [1.807, 2.05) is 11.3 Å². The van der Waals surface area contributed by atoms with Gasteiger partial charge in [-0.25, -0.2) is 0 Å². The summed E-state index contributed by atoms with van der Waals surface area (Å²) in [5.74, 6) is 0.778. The molecular weight excluding hydrogens is 258 g/mol. The van der Waals surface area contributed by atoms with E-state index in [9.17, 15) is 0 Å². The quantitative estimate of drug-likeness (QED) is 0.835. The fourth-order valence-corrected chi connectivity index (χ4v) is 3.05. The Morgan fingerprint density at radius 3 is 2.71 bits per heavy atom. The summed E-state index contributed by atoms with van der Waals surface area (Å²) in [5, 5.41) is 3.42. The summed E-state index contributed by atoms with van der Waals surface area (Å²) in [6.45, 7) is 6.65. The van der Waals surface area contributed by atoms with Crippen molar-refractivity contribution in [2.45, 2.75) is 26.7 Å². The Balaban J connectivity index is 2.40. The number of hydrogen-bond acceptors (Lipinski definition) is 2. The molecular formula is C11H18BrNS. The van der Waals surface area contributed by atoms with Gasteiger partial charge in [-0.1, -0.05) is 20.3 Å². The molecule has 0 radical (unpaired) electrons. The van der Waals surface area contributed by atoms with Gasteiger partial charge < -0.3 is 5.32 Å². The van der Waals surface area contributed by atoms with Crippen LogP contribution in [0.3, 0.4) is 0 Å². The summed E-state index contributed by atoms with van der Waals surface area (Å²) in [6, 6.07) is 4.36. The Hall–Kier alpha value is 0.140. The molecule has 1 aromatic heterocycles. The molecule has 0 aliphatic heterocycles. The summed E-state index contributed by atoms with van der Waals surface area (Å²) < 4.78 is 1.24. The molecule has 0 fully saturated rings. The Morgan fingerprint density at radius 1 is 1.43 bits per heavy atom. The number of rotatable bonds is 6. The van der Waals surface area contributed by atoms with Gasteiger partial charge in [0.25, 0.3) is 0 Å². The largest absolute Gasteiger partial charge is 0.317 e. The van der Waals surface area contributed by atoms with Crippen LogP contribution in [0.5, 0.6) is 0 Å². The zero-order valence-corrected chi connectivity index (χ0v) is 11.2. The summed E-state index contributed by atoms with van der Waals surface area (Å²) >= 11 is 5.35. The Bertz CT molecular complexity index is 260. The van der Waals surface area contributed by atoms with Crippen LogP contribution in [0.15, 0.2) is 15.9 Å². The van der Waals surface area contributed by atoms with Crippen molar-refractivity contribution in [2.24, 2.45) is 5.92 Å². The number of thiophene rings is 1. The molecule has 1 N–H and O–H groups in total. The Labute approximate surface area is 99.0 Å². The molecule has 0 aliphatic carbocycles. The first-order valence-electron chi connectivity index (χ1n) is 5.21. The van der Waals surface area contributed by atoms with Crippen molar-refractivity contribution in [3.8, 4) is 0 Å². The topological polar surface area (TPSA) is 12.0 Å². The molecule has 0 amide bonds. The monoisotopic (exact) mass is 275 g/mol. The second kappa shape index (κ2) is 6.59. The lowest BCUT2D eigenvalue weighted by atomic mass is 10.0. The highest BCUT2D eigenvalue weighted by Crippen LogP contribution is 2.24. The number of halogens is 1. The van der Waals surface area contributed by atoms with E-state index in [0.29, 0.717) is 0 Å². The van der Waals surface area contributed by atoms with Crippen LogP contribution in [-0.2, 0) is 6.42 Å². The van der Waals surface area contributed by atoms with Gasteiger partial charge in [-0.15, -0.1) is 11.3 Å². The highest BCUT2D eigenvalue weighted by Gasteiger charge is 2.08. The highest BCUT2D eigenvalue weighted by atomic mass is 79.9. The van der Waals surface area contributed by atoms with Gasteiger partial charge in [0, 0.05) is 4.88 Å². The van der Waals surface area contributed by atoms with Crippen LogP contribution < -0.4 is 5.32 Å². The zero-order chi connectivity index (χ0) is 10.4. The molecule has 0 aliphatic rings. The molecule has 0 spiro atoms. The van der Waals surface area contributed by atoms with Crippen molar-refractivity contribution in [1.82, 2.24) is 5.32 Å². The average Bonchev–Trinajstić information content (AvgIpc) is 2.58. The summed E-state index contributed by atoms with van der Waals surface area (Å²) in [6.07, 6.45) is 2.46. The van der Waals surface area contributed by atoms with Crippen LogP contribution in [0.1, 0.15) is 25.1 Å². The molecule has 14 heavy (non-hydrogen) atoms. The maximum Gasteiger partial charge on any atom is 0.0701 e. The molecule has 0 bridgehead atoms. The van der Waals surface area contributed by atoms with Gasteiger partial charge in [0.1, 0.15) is 0 Å². The van der Waals surface area contributed by atoms with E-state index in [0.717, 1.165) is 19.0 Å². The van der Waals surface area contributed by atoms with E-state index in [1.165, 1.54) is 21.5 Å². The molecule has 1 heterocycles. The fourth-order valence-electron chi connectivity index (χ4n) is 1.46. The maximum absolute atomic E-state index is 3.50. The number of nitrogens with one attached hydrogen (secondary N) is 1. The Kier molecular flexibility index (Phi) is 5.75. The zero-order valence-electron chi connectivity index (χ0n) is 8.85. The Morgan fingerprint density at radius 2 is 2.21 bits per heavy atom. The normalized spacial score (nSPS) is 13.1. The minimum atomic E-state index is 0.778. The standard InChI is InChI=1S/C11H18BrNS/c1-3-9(8-13-4-2)7-10-5-6-11(12)14-10/h5-6,9,13H,3-4,7-8H2,1-2H3. The smallest absolute Gasteiger partial charge is 0.0701 e. The van der Waals surface area contributed by atoms with E-state index < -0.39 is 0 Å². The van der Waals surface area contributed by atoms with Crippen molar-refractivity contribution in [3.63, 3.8) is 0 Å². The van der Waals surface area contributed by atoms with E-state index in [1.54, 1.807) is 0 Å². The minimum absolute atomic E-state index is 0.778. The lowest BCUT2D eigenvalue weighted by molar-refractivity contribution is 0.470. The predicted molar refractivity (Wildman–Crippen MR) is 68.0 cm³/mol. The van der Waals surface area contributed by atoms with Crippen LogP contribution in [0, 0.1) is 5.92 Å². The van der Waals surface area contributed by atoms with E-state index >= 15 is 0 Å². The third kappa shape index (κ3) is 4.11. The average molecular weight is 276 g/mol. The molecule has 80 valence electrons. The van der Waals surface area contributed by atoms with Gasteiger partial charge in [-0.3, -0.25) is 0 Å². The molecule has 0 aromatic carbocycles. The molecule has 1 nitrogen and oxygen atoms in total.